The van der Waals surface area contributed by atoms with E-state index in [0.29, 0.717) is 6.54 Å². The van der Waals surface area contributed by atoms with E-state index in [2.05, 4.69) is 5.32 Å². The van der Waals surface area contributed by atoms with E-state index < -0.39 is 12.7 Å². The van der Waals surface area contributed by atoms with Crippen LogP contribution in [0.5, 0.6) is 0 Å². The molecule has 2 nitrogen and oxygen atoms in total. The lowest BCUT2D eigenvalue weighted by Crippen LogP contribution is -2.50. The molecule has 0 bridgehead atoms. The Morgan fingerprint density at radius 3 is 2.50 bits per heavy atom. The van der Waals surface area contributed by atoms with Gasteiger partial charge in [0.15, 0.2) is 0 Å². The lowest BCUT2D eigenvalue weighted by Gasteiger charge is -2.33. The van der Waals surface area contributed by atoms with Crippen LogP contribution in [-0.2, 0) is 0 Å². The maximum atomic E-state index is 12.4. The predicted octanol–water partition coefficient (Wildman–Crippen LogP) is 2.16. The van der Waals surface area contributed by atoms with Crippen molar-refractivity contribution in [2.24, 2.45) is 0 Å². The van der Waals surface area contributed by atoms with Gasteiger partial charge in [-0.05, 0) is 39.2 Å². The minimum absolute atomic E-state index is 0.117. The largest absolute Gasteiger partial charge is 0.401 e. The van der Waals surface area contributed by atoms with Crippen molar-refractivity contribution in [2.75, 3.05) is 19.6 Å². The highest BCUT2D eigenvalue weighted by molar-refractivity contribution is 4.96. The van der Waals surface area contributed by atoms with Crippen LogP contribution in [0.4, 0.5) is 13.2 Å². The molecule has 1 saturated heterocycles. The smallest absolute Gasteiger partial charge is 0.310 e. The van der Waals surface area contributed by atoms with E-state index in [-0.39, 0.29) is 11.6 Å². The Labute approximate surface area is 94.2 Å². The number of nitrogens with zero attached hydrogens (tertiary/aromatic N) is 1. The maximum Gasteiger partial charge on any atom is 0.401 e. The molecule has 0 radical (unpaired) electrons. The summed E-state index contributed by atoms with van der Waals surface area (Å²) in [5.41, 5.74) is -0.117. The summed E-state index contributed by atoms with van der Waals surface area (Å²) in [6.45, 7) is 2.74. The molecule has 16 heavy (non-hydrogen) atoms. The monoisotopic (exact) mass is 236 g/mol. The number of hydrogen-bond donors (Lipinski definition) is 1. The van der Waals surface area contributed by atoms with Crippen molar-refractivity contribution in [1.82, 2.24) is 10.2 Å². The van der Waals surface area contributed by atoms with Crippen LogP contribution >= 0.6 is 0 Å². The van der Waals surface area contributed by atoms with Gasteiger partial charge in [0.05, 0.1) is 6.54 Å². The Morgan fingerprint density at radius 1 is 1.38 bits per heavy atom. The van der Waals surface area contributed by atoms with Gasteiger partial charge < -0.3 is 5.32 Å². The van der Waals surface area contributed by atoms with Gasteiger partial charge in [-0.15, -0.1) is 0 Å². The average Bonchev–Trinajstić information content (AvgIpc) is 2.88. The zero-order valence-electron chi connectivity index (χ0n) is 9.61. The van der Waals surface area contributed by atoms with E-state index in [1.807, 2.05) is 6.92 Å². The van der Waals surface area contributed by atoms with Crippen LogP contribution in [0.3, 0.4) is 0 Å². The summed E-state index contributed by atoms with van der Waals surface area (Å²) >= 11 is 0. The molecule has 0 amide bonds. The van der Waals surface area contributed by atoms with Gasteiger partial charge in [-0.2, -0.15) is 13.2 Å². The van der Waals surface area contributed by atoms with Crippen molar-refractivity contribution in [3.8, 4) is 0 Å². The van der Waals surface area contributed by atoms with E-state index in [1.165, 1.54) is 0 Å². The number of halogens is 3. The SMILES string of the molecule is CC1(CN(CC(F)(F)F)C2CC2)CCCN1. The van der Waals surface area contributed by atoms with Crippen LogP contribution in [0.15, 0.2) is 0 Å². The molecular weight excluding hydrogens is 217 g/mol. The topological polar surface area (TPSA) is 15.3 Å². The summed E-state index contributed by atoms with van der Waals surface area (Å²) in [5.74, 6) is 0. The molecular formula is C11H19F3N2. The Balaban J connectivity index is 1.92. The Hall–Kier alpha value is -0.290. The fraction of sp³-hybridized carbons (Fsp3) is 1.00. The van der Waals surface area contributed by atoms with Crippen molar-refractivity contribution < 1.29 is 13.2 Å². The van der Waals surface area contributed by atoms with Gasteiger partial charge in [0.25, 0.3) is 0 Å². The molecule has 1 aliphatic carbocycles. The average molecular weight is 236 g/mol. The quantitative estimate of drug-likeness (QED) is 0.804. The van der Waals surface area contributed by atoms with Gasteiger partial charge in [-0.25, -0.2) is 0 Å². The lowest BCUT2D eigenvalue weighted by atomic mass is 9.99. The minimum Gasteiger partial charge on any atom is -0.310 e. The number of rotatable bonds is 4. The predicted molar refractivity (Wildman–Crippen MR) is 56.3 cm³/mol. The van der Waals surface area contributed by atoms with E-state index in [4.69, 9.17) is 0 Å². The van der Waals surface area contributed by atoms with Crippen molar-refractivity contribution in [3.05, 3.63) is 0 Å². The van der Waals surface area contributed by atoms with Gasteiger partial charge in [-0.3, -0.25) is 4.90 Å². The first-order valence-corrected chi connectivity index (χ1v) is 5.94. The Kier molecular flexibility index (Phi) is 3.18. The number of nitrogens with one attached hydrogen (secondary N) is 1. The summed E-state index contributed by atoms with van der Waals surface area (Å²) in [7, 11) is 0. The molecule has 5 heteroatoms. The van der Waals surface area contributed by atoms with Crippen LogP contribution in [0.2, 0.25) is 0 Å². The normalized spacial score (nSPS) is 31.3. The minimum atomic E-state index is -4.07. The van der Waals surface area contributed by atoms with Gasteiger partial charge in [0.2, 0.25) is 0 Å². The second kappa shape index (κ2) is 4.18. The van der Waals surface area contributed by atoms with Gasteiger partial charge in [-0.1, -0.05) is 0 Å². The molecule has 94 valence electrons. The van der Waals surface area contributed by atoms with Gasteiger partial charge in [0.1, 0.15) is 0 Å². The summed E-state index contributed by atoms with van der Waals surface area (Å²) in [6.07, 6.45) is -0.176. The van der Waals surface area contributed by atoms with Crippen LogP contribution in [0.25, 0.3) is 0 Å². The molecule has 0 spiro atoms. The zero-order valence-corrected chi connectivity index (χ0v) is 9.61. The second-order valence-corrected chi connectivity index (χ2v) is 5.34. The fourth-order valence-corrected chi connectivity index (χ4v) is 2.52. The molecule has 1 unspecified atom stereocenters. The summed E-state index contributed by atoms with van der Waals surface area (Å²) < 4.78 is 37.3. The first-order valence-electron chi connectivity index (χ1n) is 5.94. The summed E-state index contributed by atoms with van der Waals surface area (Å²) in [4.78, 5) is 1.61. The van der Waals surface area contributed by atoms with Crippen LogP contribution in [0, 0.1) is 0 Å². The van der Waals surface area contributed by atoms with Gasteiger partial charge in [0, 0.05) is 18.1 Å². The highest BCUT2D eigenvalue weighted by atomic mass is 19.4. The third kappa shape index (κ3) is 3.35. The molecule has 1 N–H and O–H groups in total. The molecule has 1 heterocycles. The second-order valence-electron chi connectivity index (χ2n) is 5.34. The Morgan fingerprint density at radius 2 is 2.06 bits per heavy atom. The first kappa shape index (κ1) is 12.2. The maximum absolute atomic E-state index is 12.4. The lowest BCUT2D eigenvalue weighted by molar-refractivity contribution is -0.148. The molecule has 0 aromatic carbocycles. The van der Waals surface area contributed by atoms with Crippen molar-refractivity contribution in [3.63, 3.8) is 0 Å². The van der Waals surface area contributed by atoms with Gasteiger partial charge >= 0.3 is 6.18 Å². The molecule has 1 aliphatic heterocycles. The first-order chi connectivity index (χ1) is 7.38. The summed E-state index contributed by atoms with van der Waals surface area (Å²) in [6, 6.07) is 0.167. The van der Waals surface area contributed by atoms with Crippen molar-refractivity contribution in [1.29, 1.82) is 0 Å². The van der Waals surface area contributed by atoms with E-state index >= 15 is 0 Å². The van der Waals surface area contributed by atoms with E-state index in [9.17, 15) is 13.2 Å². The highest BCUT2D eigenvalue weighted by Crippen LogP contribution is 2.32. The summed E-state index contributed by atoms with van der Waals surface area (Å²) in [5, 5.41) is 3.32. The molecule has 0 aromatic rings. The molecule has 2 rings (SSSR count). The van der Waals surface area contributed by atoms with E-state index in [0.717, 1.165) is 32.2 Å². The molecule has 0 aromatic heterocycles. The fourth-order valence-electron chi connectivity index (χ4n) is 2.52. The molecule has 1 saturated carbocycles. The highest BCUT2D eigenvalue weighted by Gasteiger charge is 2.41. The van der Waals surface area contributed by atoms with Crippen LogP contribution < -0.4 is 5.32 Å². The van der Waals surface area contributed by atoms with Crippen LogP contribution in [0.1, 0.15) is 32.6 Å². The van der Waals surface area contributed by atoms with E-state index in [1.54, 1.807) is 4.90 Å². The van der Waals surface area contributed by atoms with Crippen molar-refractivity contribution in [2.45, 2.75) is 50.4 Å². The molecule has 2 fully saturated rings. The third-order valence-corrected chi connectivity index (χ3v) is 3.45. The van der Waals surface area contributed by atoms with Crippen molar-refractivity contribution >= 4 is 0 Å². The standard InChI is InChI=1S/C11H19F3N2/c1-10(5-2-6-15-10)7-16(9-3-4-9)8-11(12,13)14/h9,15H,2-8H2,1H3. The Bertz CT molecular complexity index is 242. The molecule has 2 aliphatic rings. The molecule has 1 atom stereocenters. The number of hydrogen-bond acceptors (Lipinski definition) is 2. The van der Waals surface area contributed by atoms with Crippen LogP contribution in [-0.4, -0.2) is 42.3 Å². The third-order valence-electron chi connectivity index (χ3n) is 3.45. The zero-order chi connectivity index (χ0) is 11.8. The number of alkyl halides is 3.